The predicted molar refractivity (Wildman–Crippen MR) is 51.3 cm³/mol. The molecule has 3 fully saturated rings. The summed E-state index contributed by atoms with van der Waals surface area (Å²) in [5.74, 6) is 2.01. The Hall–Kier alpha value is -0.590. The summed E-state index contributed by atoms with van der Waals surface area (Å²) >= 11 is 0. The molecular formula is C12H16O. The van der Waals surface area contributed by atoms with Gasteiger partial charge in [-0.15, -0.1) is 0 Å². The lowest BCUT2D eigenvalue weighted by molar-refractivity contribution is -0.124. The maximum atomic E-state index is 11.3. The third kappa shape index (κ3) is 0.905. The first-order valence-corrected chi connectivity index (χ1v) is 5.39. The summed E-state index contributed by atoms with van der Waals surface area (Å²) in [5, 5.41) is 0. The number of ketones is 1. The highest BCUT2D eigenvalue weighted by atomic mass is 16.1. The van der Waals surface area contributed by atoms with Gasteiger partial charge in [-0.2, -0.15) is 0 Å². The van der Waals surface area contributed by atoms with Crippen LogP contribution in [-0.4, -0.2) is 5.78 Å². The molecule has 13 heavy (non-hydrogen) atoms. The van der Waals surface area contributed by atoms with Crippen LogP contribution in [0.15, 0.2) is 12.2 Å². The van der Waals surface area contributed by atoms with Gasteiger partial charge in [-0.05, 0) is 42.9 Å². The molecule has 3 saturated carbocycles. The first kappa shape index (κ1) is 7.78. The molecule has 0 N–H and O–H groups in total. The van der Waals surface area contributed by atoms with E-state index >= 15 is 0 Å². The van der Waals surface area contributed by atoms with E-state index in [4.69, 9.17) is 0 Å². The number of allylic oxidation sites excluding steroid dienone is 1. The van der Waals surface area contributed by atoms with Crippen LogP contribution in [0.3, 0.4) is 0 Å². The molecule has 1 heteroatoms. The Kier molecular flexibility index (Phi) is 1.35. The van der Waals surface area contributed by atoms with Crippen molar-refractivity contribution < 1.29 is 4.79 Å². The van der Waals surface area contributed by atoms with Crippen molar-refractivity contribution in [1.29, 1.82) is 0 Å². The maximum Gasteiger partial charge on any atom is 0.133 e. The predicted octanol–water partition coefficient (Wildman–Crippen LogP) is 2.71. The van der Waals surface area contributed by atoms with Gasteiger partial charge in [0.15, 0.2) is 0 Å². The molecule has 1 nitrogen and oxygen atoms in total. The van der Waals surface area contributed by atoms with Crippen molar-refractivity contribution in [3.8, 4) is 0 Å². The number of carbonyl (C=O) groups is 1. The highest BCUT2D eigenvalue weighted by Gasteiger charge is 2.55. The average molecular weight is 176 g/mol. The Labute approximate surface area is 79.2 Å². The summed E-state index contributed by atoms with van der Waals surface area (Å²) in [7, 11) is 0. The summed E-state index contributed by atoms with van der Waals surface area (Å²) in [6.07, 6.45) is 6.73. The zero-order valence-corrected chi connectivity index (χ0v) is 8.01. The van der Waals surface area contributed by atoms with Gasteiger partial charge < -0.3 is 0 Å². The fraction of sp³-hybridized carbons (Fsp3) is 0.750. The molecule has 0 radical (unpaired) electrons. The molecule has 3 aliphatic carbocycles. The monoisotopic (exact) mass is 176 g/mol. The molecule has 0 aromatic carbocycles. The standard InChI is InChI=1S/C12H16O/c1-8-6-12-3-2-11(13)5-10(12)4-9(8)7-12/h9-10H,1-7H2/t9-,10-,12+/m1/s1. The topological polar surface area (TPSA) is 17.1 Å². The number of fused-ring (bicyclic) bond motifs is 1. The van der Waals surface area contributed by atoms with Gasteiger partial charge in [0.05, 0.1) is 0 Å². The van der Waals surface area contributed by atoms with Crippen LogP contribution in [0.5, 0.6) is 0 Å². The van der Waals surface area contributed by atoms with Crippen LogP contribution in [0.25, 0.3) is 0 Å². The molecule has 70 valence electrons. The number of hydrogen-bond donors (Lipinski definition) is 0. The Balaban J connectivity index is 1.93. The number of rotatable bonds is 0. The highest BCUT2D eigenvalue weighted by molar-refractivity contribution is 5.80. The van der Waals surface area contributed by atoms with Gasteiger partial charge in [0, 0.05) is 12.8 Å². The molecule has 0 aromatic heterocycles. The summed E-state index contributed by atoms with van der Waals surface area (Å²) in [6.45, 7) is 4.16. The van der Waals surface area contributed by atoms with Gasteiger partial charge in [0.25, 0.3) is 0 Å². The fourth-order valence-electron chi connectivity index (χ4n) is 3.92. The molecule has 3 aliphatic rings. The first-order chi connectivity index (χ1) is 6.20. The fourth-order valence-corrected chi connectivity index (χ4v) is 3.92. The number of carbonyl (C=O) groups excluding carboxylic acids is 1. The summed E-state index contributed by atoms with van der Waals surface area (Å²) in [5.41, 5.74) is 2.01. The van der Waals surface area contributed by atoms with E-state index in [-0.39, 0.29) is 0 Å². The summed E-state index contributed by atoms with van der Waals surface area (Å²) in [6, 6.07) is 0. The van der Waals surface area contributed by atoms with Gasteiger partial charge in [-0.3, -0.25) is 4.79 Å². The van der Waals surface area contributed by atoms with Crippen LogP contribution < -0.4 is 0 Å². The second-order valence-corrected chi connectivity index (χ2v) is 5.27. The molecule has 0 aliphatic heterocycles. The van der Waals surface area contributed by atoms with E-state index in [9.17, 15) is 4.79 Å². The van der Waals surface area contributed by atoms with Crippen molar-refractivity contribution in [3.63, 3.8) is 0 Å². The minimum Gasteiger partial charge on any atom is -0.300 e. The van der Waals surface area contributed by atoms with Crippen molar-refractivity contribution in [2.24, 2.45) is 17.3 Å². The van der Waals surface area contributed by atoms with Crippen LogP contribution >= 0.6 is 0 Å². The van der Waals surface area contributed by atoms with E-state index in [0.717, 1.165) is 31.1 Å². The highest BCUT2D eigenvalue weighted by Crippen LogP contribution is 2.64. The van der Waals surface area contributed by atoms with E-state index in [2.05, 4.69) is 6.58 Å². The number of hydrogen-bond acceptors (Lipinski definition) is 1. The van der Waals surface area contributed by atoms with Crippen molar-refractivity contribution in [1.82, 2.24) is 0 Å². The molecule has 3 rings (SSSR count). The maximum absolute atomic E-state index is 11.3. The summed E-state index contributed by atoms with van der Waals surface area (Å²) in [4.78, 5) is 11.3. The van der Waals surface area contributed by atoms with E-state index in [1.54, 1.807) is 0 Å². The van der Waals surface area contributed by atoms with Gasteiger partial charge in [0.2, 0.25) is 0 Å². The van der Waals surface area contributed by atoms with Gasteiger partial charge in [-0.1, -0.05) is 12.2 Å². The van der Waals surface area contributed by atoms with E-state index in [0.29, 0.717) is 11.2 Å². The zero-order valence-electron chi connectivity index (χ0n) is 8.01. The molecule has 3 atom stereocenters. The normalized spacial score (nSPS) is 48.3. The lowest BCUT2D eigenvalue weighted by Gasteiger charge is -2.38. The van der Waals surface area contributed by atoms with Crippen molar-refractivity contribution >= 4 is 5.78 Å². The van der Waals surface area contributed by atoms with E-state index < -0.39 is 0 Å². The van der Waals surface area contributed by atoms with Gasteiger partial charge in [-0.25, -0.2) is 0 Å². The molecule has 0 heterocycles. The molecule has 1 spiro atoms. The first-order valence-electron chi connectivity index (χ1n) is 5.39. The number of Topliss-reactive ketones (excluding diaryl/α,β-unsaturated/α-hetero) is 1. The lowest BCUT2D eigenvalue weighted by atomic mass is 9.65. The van der Waals surface area contributed by atoms with Crippen LogP contribution in [0.1, 0.15) is 38.5 Å². The smallest absolute Gasteiger partial charge is 0.133 e. The van der Waals surface area contributed by atoms with Crippen molar-refractivity contribution in [2.45, 2.75) is 38.5 Å². The molecule has 0 saturated heterocycles. The quantitative estimate of drug-likeness (QED) is 0.519. The lowest BCUT2D eigenvalue weighted by Crippen LogP contribution is -2.32. The molecule has 2 bridgehead atoms. The molecule has 0 aromatic rings. The molecule has 0 amide bonds. The Morgan fingerprint density at radius 3 is 3.08 bits per heavy atom. The average Bonchev–Trinajstić information content (AvgIpc) is 2.56. The third-order valence-electron chi connectivity index (χ3n) is 4.62. The Morgan fingerprint density at radius 1 is 1.46 bits per heavy atom. The SMILES string of the molecule is C=C1C[C@]23CCC(=O)C[C@H]2C[C@@H]1C3. The molecular weight excluding hydrogens is 160 g/mol. The minimum absolute atomic E-state index is 0.508. The van der Waals surface area contributed by atoms with Crippen LogP contribution in [0, 0.1) is 17.3 Å². The van der Waals surface area contributed by atoms with Crippen LogP contribution in [0.4, 0.5) is 0 Å². The third-order valence-corrected chi connectivity index (χ3v) is 4.62. The second kappa shape index (κ2) is 2.26. The minimum atomic E-state index is 0.508. The zero-order chi connectivity index (χ0) is 9.05. The van der Waals surface area contributed by atoms with Crippen molar-refractivity contribution in [3.05, 3.63) is 12.2 Å². The Bertz CT molecular complexity index is 291. The van der Waals surface area contributed by atoms with Crippen LogP contribution in [0.2, 0.25) is 0 Å². The van der Waals surface area contributed by atoms with E-state index in [1.807, 2.05) is 0 Å². The van der Waals surface area contributed by atoms with Gasteiger partial charge in [0.1, 0.15) is 5.78 Å². The summed E-state index contributed by atoms with van der Waals surface area (Å²) < 4.78 is 0. The van der Waals surface area contributed by atoms with Crippen molar-refractivity contribution in [2.75, 3.05) is 0 Å². The Morgan fingerprint density at radius 2 is 2.31 bits per heavy atom. The molecule has 0 unspecified atom stereocenters. The second-order valence-electron chi connectivity index (χ2n) is 5.27. The van der Waals surface area contributed by atoms with Crippen LogP contribution in [-0.2, 0) is 4.79 Å². The van der Waals surface area contributed by atoms with Gasteiger partial charge >= 0.3 is 0 Å². The van der Waals surface area contributed by atoms with E-state index in [1.165, 1.54) is 24.8 Å². The largest absolute Gasteiger partial charge is 0.300 e.